The number of anilines is 1. The van der Waals surface area contributed by atoms with Gasteiger partial charge in [0.15, 0.2) is 0 Å². The topological polar surface area (TPSA) is 68.6 Å². The van der Waals surface area contributed by atoms with Crippen molar-refractivity contribution in [1.82, 2.24) is 14.5 Å². The molecule has 1 aliphatic heterocycles. The zero-order valence-corrected chi connectivity index (χ0v) is 15.3. The zero-order valence-electron chi connectivity index (χ0n) is 14.5. The van der Waals surface area contributed by atoms with E-state index in [0.717, 1.165) is 18.7 Å². The predicted octanol–water partition coefficient (Wildman–Crippen LogP) is 2.09. The number of fused-ring (bicyclic) bond motifs is 1. The maximum atomic E-state index is 12.4. The molecule has 134 valence electrons. The molecule has 1 N–H and O–H groups in total. The van der Waals surface area contributed by atoms with Gasteiger partial charge >= 0.3 is 0 Å². The van der Waals surface area contributed by atoms with E-state index >= 15 is 0 Å². The molecule has 3 rings (SSSR count). The molecule has 0 fully saturated rings. The van der Waals surface area contributed by atoms with Crippen LogP contribution in [0.3, 0.4) is 0 Å². The summed E-state index contributed by atoms with van der Waals surface area (Å²) in [6, 6.07) is 3.28. The van der Waals surface area contributed by atoms with E-state index in [1.165, 1.54) is 19.9 Å². The van der Waals surface area contributed by atoms with Crippen molar-refractivity contribution >= 4 is 23.2 Å². The third kappa shape index (κ3) is 3.72. The molecule has 1 aromatic heterocycles. The minimum atomic E-state index is -0.126. The van der Waals surface area contributed by atoms with Crippen molar-refractivity contribution in [1.29, 1.82) is 0 Å². The molecule has 0 aliphatic carbocycles. The number of hydrogen-bond donors (Lipinski definition) is 1. The van der Waals surface area contributed by atoms with Crippen molar-refractivity contribution < 1.29 is 14.3 Å². The molecule has 0 saturated carbocycles. The highest BCUT2D eigenvalue weighted by molar-refractivity contribution is 6.32. The highest BCUT2D eigenvalue weighted by atomic mass is 35.5. The van der Waals surface area contributed by atoms with Crippen LogP contribution < -0.4 is 14.8 Å². The van der Waals surface area contributed by atoms with E-state index in [-0.39, 0.29) is 12.5 Å². The fraction of sp³-hybridized carbons (Fsp3) is 0.412. The molecule has 8 heteroatoms. The molecule has 0 unspecified atom stereocenters. The lowest BCUT2D eigenvalue weighted by Crippen LogP contribution is -2.37. The number of nitrogens with zero attached hydrogens (tertiary/aromatic N) is 3. The van der Waals surface area contributed by atoms with Crippen LogP contribution in [-0.4, -0.2) is 47.7 Å². The normalized spacial score (nSPS) is 14.1. The van der Waals surface area contributed by atoms with Gasteiger partial charge in [0, 0.05) is 38.3 Å². The molecular formula is C17H21ClN4O3. The number of benzene rings is 1. The van der Waals surface area contributed by atoms with Gasteiger partial charge in [-0.15, -0.1) is 0 Å². The van der Waals surface area contributed by atoms with Crippen LogP contribution in [0, 0.1) is 0 Å². The maximum absolute atomic E-state index is 12.4. The number of halogens is 1. The van der Waals surface area contributed by atoms with E-state index in [0.29, 0.717) is 28.8 Å². The molecule has 0 atom stereocenters. The molecule has 7 nitrogen and oxygen atoms in total. The number of aromatic nitrogens is 2. The van der Waals surface area contributed by atoms with Crippen LogP contribution in [0.15, 0.2) is 18.5 Å². The summed E-state index contributed by atoms with van der Waals surface area (Å²) in [7, 11) is 5.06. The number of rotatable bonds is 5. The molecule has 2 aromatic rings. The monoisotopic (exact) mass is 364 g/mol. The van der Waals surface area contributed by atoms with Crippen LogP contribution in [0.25, 0.3) is 0 Å². The van der Waals surface area contributed by atoms with E-state index in [1.807, 2.05) is 17.9 Å². The molecule has 0 bridgehead atoms. The average molecular weight is 365 g/mol. The van der Waals surface area contributed by atoms with Gasteiger partial charge in [-0.2, -0.15) is 0 Å². The average Bonchev–Trinajstić information content (AvgIpc) is 2.95. The number of ether oxygens (including phenoxy) is 2. The molecule has 25 heavy (non-hydrogen) atoms. The summed E-state index contributed by atoms with van der Waals surface area (Å²) < 4.78 is 12.5. The first-order valence-electron chi connectivity index (χ1n) is 7.94. The Kier molecular flexibility index (Phi) is 5.15. The number of nitrogens with one attached hydrogen (secondary N) is 1. The van der Waals surface area contributed by atoms with Crippen molar-refractivity contribution in [2.24, 2.45) is 7.05 Å². The lowest BCUT2D eigenvalue weighted by atomic mass is 10.1. The third-order valence-electron chi connectivity index (χ3n) is 4.30. The SMILES string of the molecule is COc1cc(OC)c(NC(=O)CN2CCc3c(ncn3C)C2)cc1Cl. The van der Waals surface area contributed by atoms with E-state index in [1.54, 1.807) is 12.1 Å². The zero-order chi connectivity index (χ0) is 18.0. The lowest BCUT2D eigenvalue weighted by Gasteiger charge is -2.26. The van der Waals surface area contributed by atoms with Gasteiger partial charge in [-0.1, -0.05) is 11.6 Å². The van der Waals surface area contributed by atoms with Gasteiger partial charge in [0.1, 0.15) is 11.5 Å². The van der Waals surface area contributed by atoms with Crippen molar-refractivity contribution in [3.63, 3.8) is 0 Å². The number of carbonyl (C=O) groups excluding carboxylic acids is 1. The van der Waals surface area contributed by atoms with Crippen molar-refractivity contribution in [2.75, 3.05) is 32.6 Å². The summed E-state index contributed by atoms with van der Waals surface area (Å²) >= 11 is 6.14. The molecular weight excluding hydrogens is 344 g/mol. The summed E-state index contributed by atoms with van der Waals surface area (Å²) in [5, 5.41) is 3.27. The molecule has 0 spiro atoms. The molecule has 1 aromatic carbocycles. The van der Waals surface area contributed by atoms with E-state index in [4.69, 9.17) is 21.1 Å². The first-order chi connectivity index (χ1) is 12.0. The Morgan fingerprint density at radius 3 is 2.80 bits per heavy atom. The number of carbonyl (C=O) groups is 1. The molecule has 2 heterocycles. The second-order valence-corrected chi connectivity index (χ2v) is 6.35. The van der Waals surface area contributed by atoms with E-state index < -0.39 is 0 Å². The van der Waals surface area contributed by atoms with Gasteiger partial charge < -0.3 is 19.4 Å². The minimum absolute atomic E-state index is 0.126. The highest BCUT2D eigenvalue weighted by Crippen LogP contribution is 2.35. The van der Waals surface area contributed by atoms with Crippen LogP contribution in [-0.2, 0) is 24.8 Å². The van der Waals surface area contributed by atoms with E-state index in [9.17, 15) is 4.79 Å². The molecule has 0 radical (unpaired) electrons. The Bertz CT molecular complexity index is 790. The number of aryl methyl sites for hydroxylation is 1. The van der Waals surface area contributed by atoms with E-state index in [2.05, 4.69) is 15.2 Å². The van der Waals surface area contributed by atoms with Gasteiger partial charge in [0.2, 0.25) is 5.91 Å². The standard InChI is InChI=1S/C17H21ClN4O3/c1-21-10-19-13-8-22(5-4-14(13)21)9-17(23)20-12-6-11(18)15(24-2)7-16(12)25-3/h6-7,10H,4-5,8-9H2,1-3H3,(H,20,23). The van der Waals surface area contributed by atoms with Crippen LogP contribution in [0.5, 0.6) is 11.5 Å². The van der Waals surface area contributed by atoms with Crippen molar-refractivity contribution in [3.05, 3.63) is 34.9 Å². The Morgan fingerprint density at radius 1 is 1.32 bits per heavy atom. The van der Waals surface area contributed by atoms with Crippen LogP contribution in [0.2, 0.25) is 5.02 Å². The summed E-state index contributed by atoms with van der Waals surface area (Å²) in [5.41, 5.74) is 2.79. The summed E-state index contributed by atoms with van der Waals surface area (Å²) in [6.07, 6.45) is 2.70. The van der Waals surface area contributed by atoms with Crippen LogP contribution in [0.1, 0.15) is 11.4 Å². The van der Waals surface area contributed by atoms with Gasteiger partial charge in [0.25, 0.3) is 0 Å². The molecule has 1 amide bonds. The minimum Gasteiger partial charge on any atom is -0.495 e. The Morgan fingerprint density at radius 2 is 2.08 bits per heavy atom. The highest BCUT2D eigenvalue weighted by Gasteiger charge is 2.22. The quantitative estimate of drug-likeness (QED) is 0.879. The largest absolute Gasteiger partial charge is 0.495 e. The van der Waals surface area contributed by atoms with Crippen LogP contribution >= 0.6 is 11.6 Å². The second kappa shape index (κ2) is 7.33. The Hall–Kier alpha value is -2.25. The fourth-order valence-electron chi connectivity index (χ4n) is 3.00. The molecule has 0 saturated heterocycles. The van der Waals surface area contributed by atoms with Crippen LogP contribution in [0.4, 0.5) is 5.69 Å². The van der Waals surface area contributed by atoms with Gasteiger partial charge in [-0.05, 0) is 6.07 Å². The smallest absolute Gasteiger partial charge is 0.238 e. The maximum Gasteiger partial charge on any atom is 0.238 e. The number of methoxy groups -OCH3 is 2. The number of hydrogen-bond acceptors (Lipinski definition) is 5. The lowest BCUT2D eigenvalue weighted by molar-refractivity contribution is -0.117. The summed E-state index contributed by atoms with van der Waals surface area (Å²) in [6.45, 7) is 1.77. The third-order valence-corrected chi connectivity index (χ3v) is 4.59. The second-order valence-electron chi connectivity index (χ2n) is 5.94. The molecule has 1 aliphatic rings. The first kappa shape index (κ1) is 17.6. The van der Waals surface area contributed by atoms with Gasteiger partial charge in [0.05, 0.1) is 43.5 Å². The van der Waals surface area contributed by atoms with Gasteiger partial charge in [-0.25, -0.2) is 4.98 Å². The summed E-state index contributed by atoms with van der Waals surface area (Å²) in [5.74, 6) is 0.870. The first-order valence-corrected chi connectivity index (χ1v) is 8.32. The number of amides is 1. The van der Waals surface area contributed by atoms with Gasteiger partial charge in [-0.3, -0.25) is 9.69 Å². The number of imidazole rings is 1. The predicted molar refractivity (Wildman–Crippen MR) is 95.4 cm³/mol. The fourth-order valence-corrected chi connectivity index (χ4v) is 3.24. The summed E-state index contributed by atoms with van der Waals surface area (Å²) in [4.78, 5) is 18.9. The van der Waals surface area contributed by atoms with Crippen molar-refractivity contribution in [3.8, 4) is 11.5 Å². The van der Waals surface area contributed by atoms with Crippen molar-refractivity contribution in [2.45, 2.75) is 13.0 Å². The Labute approximate surface area is 151 Å². The Balaban J connectivity index is 1.66.